The second kappa shape index (κ2) is 9.66. The number of ether oxygens (including phenoxy) is 2. The number of hydrogen-bond donors (Lipinski definition) is 2. The van der Waals surface area contributed by atoms with Gasteiger partial charge in [-0.25, -0.2) is 4.79 Å². The molecule has 6 aliphatic rings. The van der Waals surface area contributed by atoms with Gasteiger partial charge in [0.15, 0.2) is 0 Å². The number of nitrogens with one attached hydrogen (secondary N) is 1. The molecule has 0 aromatic rings. The van der Waals surface area contributed by atoms with E-state index >= 15 is 0 Å². The second-order valence-electron chi connectivity index (χ2n) is 13.5. The molecular weight excluding hydrogens is 452 g/mol. The van der Waals surface area contributed by atoms with Crippen molar-refractivity contribution in [2.75, 3.05) is 45.9 Å². The summed E-state index contributed by atoms with van der Waals surface area (Å²) in [6.07, 6.45) is 13.4. The van der Waals surface area contributed by atoms with Gasteiger partial charge in [0, 0.05) is 50.8 Å². The quantitative estimate of drug-likeness (QED) is 0.426. The van der Waals surface area contributed by atoms with Crippen LogP contribution in [0.3, 0.4) is 0 Å². The fourth-order valence-electron chi connectivity index (χ4n) is 9.99. The predicted molar refractivity (Wildman–Crippen MR) is 139 cm³/mol. The highest BCUT2D eigenvalue weighted by Crippen LogP contribution is 2.70. The molecule has 6 rings (SSSR count). The number of aliphatic hydroxyl groups is 1. The Kier molecular flexibility index (Phi) is 6.80. The number of esters is 1. The molecule has 4 saturated carbocycles. The Balaban J connectivity index is 1.08. The molecule has 0 unspecified atom stereocenters. The maximum absolute atomic E-state index is 12.4. The molecule has 202 valence electrons. The summed E-state index contributed by atoms with van der Waals surface area (Å²) in [6, 6.07) is 0. The van der Waals surface area contributed by atoms with Crippen LogP contribution in [-0.2, 0) is 14.3 Å². The Labute approximate surface area is 217 Å². The average molecular weight is 501 g/mol. The number of rotatable bonds is 6. The summed E-state index contributed by atoms with van der Waals surface area (Å²) in [5.41, 5.74) is 0.705. The smallest absolute Gasteiger partial charge is 0.331 e. The summed E-state index contributed by atoms with van der Waals surface area (Å²) < 4.78 is 11.7. The largest absolute Gasteiger partial charge is 0.458 e. The van der Waals surface area contributed by atoms with Crippen LogP contribution >= 0.6 is 0 Å². The van der Waals surface area contributed by atoms with Crippen molar-refractivity contribution in [2.24, 2.45) is 34.5 Å². The molecular formula is C30H48N2O4. The standard InChI is InChI=1S/C30H48N2O4/c1-28-9-6-23(35-17-3-14-32-15-12-31-13-16-32)19-22(28)4-5-26-25(28)7-10-29(2)24(8-11-30(26,29)34)21-18-27(33)36-20-21/h18,22-26,31,34H,3-17,19-20H2,1-2H3/t22-,23+,24-,25+,26-,28+,29-,30+/m1/s1. The molecule has 0 aromatic carbocycles. The van der Waals surface area contributed by atoms with Gasteiger partial charge < -0.3 is 24.8 Å². The van der Waals surface area contributed by atoms with Gasteiger partial charge >= 0.3 is 5.97 Å². The first-order chi connectivity index (χ1) is 17.3. The van der Waals surface area contributed by atoms with Crippen LogP contribution in [0.25, 0.3) is 0 Å². The maximum atomic E-state index is 12.4. The zero-order valence-electron chi connectivity index (χ0n) is 22.6. The van der Waals surface area contributed by atoms with Gasteiger partial charge in [-0.2, -0.15) is 0 Å². The summed E-state index contributed by atoms with van der Waals surface area (Å²) in [7, 11) is 0. The van der Waals surface area contributed by atoms with Crippen molar-refractivity contribution in [1.82, 2.24) is 10.2 Å². The van der Waals surface area contributed by atoms with E-state index in [-0.39, 0.29) is 17.3 Å². The molecule has 0 amide bonds. The number of piperazine rings is 1. The third-order valence-corrected chi connectivity index (χ3v) is 12.1. The maximum Gasteiger partial charge on any atom is 0.331 e. The van der Waals surface area contributed by atoms with Crippen LogP contribution in [0.15, 0.2) is 11.6 Å². The number of carbonyl (C=O) groups is 1. The van der Waals surface area contributed by atoms with Crippen LogP contribution in [-0.4, -0.2) is 73.6 Å². The van der Waals surface area contributed by atoms with Crippen LogP contribution in [0.2, 0.25) is 0 Å². The molecule has 5 fully saturated rings. The molecule has 6 heteroatoms. The Morgan fingerprint density at radius 3 is 2.69 bits per heavy atom. The molecule has 8 atom stereocenters. The number of hydrogen-bond acceptors (Lipinski definition) is 6. The molecule has 0 spiro atoms. The van der Waals surface area contributed by atoms with E-state index in [1.165, 1.54) is 45.2 Å². The molecule has 0 radical (unpaired) electrons. The van der Waals surface area contributed by atoms with Crippen LogP contribution in [0.4, 0.5) is 0 Å². The van der Waals surface area contributed by atoms with Crippen molar-refractivity contribution in [3.63, 3.8) is 0 Å². The van der Waals surface area contributed by atoms with Crippen molar-refractivity contribution in [3.8, 4) is 0 Å². The summed E-state index contributed by atoms with van der Waals surface area (Å²) in [4.78, 5) is 14.3. The Bertz CT molecular complexity index is 871. The van der Waals surface area contributed by atoms with E-state index in [0.29, 0.717) is 30.0 Å². The van der Waals surface area contributed by atoms with E-state index in [0.717, 1.165) is 69.8 Å². The Morgan fingerprint density at radius 1 is 1.08 bits per heavy atom. The highest BCUT2D eigenvalue weighted by atomic mass is 16.5. The Hall–Kier alpha value is -0.950. The van der Waals surface area contributed by atoms with Crippen molar-refractivity contribution in [1.29, 1.82) is 0 Å². The van der Waals surface area contributed by atoms with Crippen LogP contribution < -0.4 is 5.32 Å². The van der Waals surface area contributed by atoms with Gasteiger partial charge in [0.2, 0.25) is 0 Å². The van der Waals surface area contributed by atoms with Gasteiger partial charge in [0.1, 0.15) is 6.61 Å². The van der Waals surface area contributed by atoms with Gasteiger partial charge in [-0.05, 0) is 98.9 Å². The van der Waals surface area contributed by atoms with E-state index in [1.807, 2.05) is 0 Å². The molecule has 0 bridgehead atoms. The molecule has 36 heavy (non-hydrogen) atoms. The second-order valence-corrected chi connectivity index (χ2v) is 13.5. The lowest BCUT2D eigenvalue weighted by Gasteiger charge is -2.63. The summed E-state index contributed by atoms with van der Waals surface area (Å²) >= 11 is 0. The van der Waals surface area contributed by atoms with Crippen molar-refractivity contribution in [3.05, 3.63) is 11.6 Å². The molecule has 0 aromatic heterocycles. The molecule has 6 nitrogen and oxygen atoms in total. The first-order valence-electron chi connectivity index (χ1n) is 15.0. The van der Waals surface area contributed by atoms with Crippen molar-refractivity contribution >= 4 is 5.97 Å². The summed E-state index contributed by atoms with van der Waals surface area (Å²) in [6.45, 7) is 11.9. The number of carbonyl (C=O) groups excluding carboxylic acids is 1. The first-order valence-corrected chi connectivity index (χ1v) is 15.0. The van der Waals surface area contributed by atoms with E-state index in [9.17, 15) is 9.90 Å². The minimum atomic E-state index is -0.613. The average Bonchev–Trinajstić information content (AvgIpc) is 3.42. The lowest BCUT2D eigenvalue weighted by atomic mass is 9.43. The van der Waals surface area contributed by atoms with Gasteiger partial charge in [-0.1, -0.05) is 13.8 Å². The molecule has 2 aliphatic heterocycles. The van der Waals surface area contributed by atoms with E-state index in [1.54, 1.807) is 6.08 Å². The number of nitrogens with zero attached hydrogens (tertiary/aromatic N) is 1. The Morgan fingerprint density at radius 2 is 1.92 bits per heavy atom. The molecule has 4 aliphatic carbocycles. The van der Waals surface area contributed by atoms with Gasteiger partial charge in [0.05, 0.1) is 11.7 Å². The first kappa shape index (κ1) is 25.3. The van der Waals surface area contributed by atoms with Crippen LogP contribution in [0.1, 0.15) is 78.1 Å². The lowest BCUT2D eigenvalue weighted by molar-refractivity contribution is -0.209. The third-order valence-electron chi connectivity index (χ3n) is 12.1. The highest BCUT2D eigenvalue weighted by Gasteiger charge is 2.67. The van der Waals surface area contributed by atoms with Gasteiger partial charge in [0.25, 0.3) is 0 Å². The highest BCUT2D eigenvalue weighted by molar-refractivity contribution is 5.85. The zero-order valence-corrected chi connectivity index (χ0v) is 22.6. The van der Waals surface area contributed by atoms with E-state index < -0.39 is 5.60 Å². The minimum Gasteiger partial charge on any atom is -0.458 e. The monoisotopic (exact) mass is 500 g/mol. The van der Waals surface area contributed by atoms with Gasteiger partial charge in [-0.15, -0.1) is 0 Å². The predicted octanol–water partition coefficient (Wildman–Crippen LogP) is 3.92. The van der Waals surface area contributed by atoms with Crippen LogP contribution in [0, 0.1) is 34.5 Å². The van der Waals surface area contributed by atoms with Gasteiger partial charge in [-0.3, -0.25) is 0 Å². The van der Waals surface area contributed by atoms with Crippen LogP contribution in [0.5, 0.6) is 0 Å². The van der Waals surface area contributed by atoms with E-state index in [4.69, 9.17) is 9.47 Å². The zero-order chi connectivity index (χ0) is 25.0. The lowest BCUT2D eigenvalue weighted by Crippen LogP contribution is -2.62. The fourth-order valence-corrected chi connectivity index (χ4v) is 9.99. The summed E-state index contributed by atoms with van der Waals surface area (Å²) in [5.74, 6) is 1.80. The molecule has 2 N–H and O–H groups in total. The number of fused-ring (bicyclic) bond motifs is 5. The topological polar surface area (TPSA) is 71.0 Å². The minimum absolute atomic E-state index is 0.137. The van der Waals surface area contributed by atoms with Crippen molar-refractivity contribution < 1.29 is 19.4 Å². The summed E-state index contributed by atoms with van der Waals surface area (Å²) in [5, 5.41) is 15.8. The number of cyclic esters (lactones) is 1. The third kappa shape index (κ3) is 4.10. The fraction of sp³-hybridized carbons (Fsp3) is 0.900. The van der Waals surface area contributed by atoms with Crippen molar-refractivity contribution in [2.45, 2.75) is 89.8 Å². The molecule has 1 saturated heterocycles. The van der Waals surface area contributed by atoms with E-state index in [2.05, 4.69) is 24.1 Å². The normalized spacial score (nSPS) is 47.0. The molecule has 2 heterocycles. The SMILES string of the molecule is C[C@]12CC[C@H](OCCCN3CCNCC3)C[C@H]1CC[C@@H]1[C@@H]2CC[C@]2(C)[C@@H](C3=CC(=O)OC3)CC[C@]12O.